The Hall–Kier alpha value is -6.39. The van der Waals surface area contributed by atoms with Crippen LogP contribution in [0.25, 0.3) is 27.9 Å². The Morgan fingerprint density at radius 2 is 1.23 bits per heavy atom. The standard InChI is InChI=1S/C23H21N3O3S.C12H11NO2.C11H12N2O2S/c1-2-29-20-10-11-24-18-9-8-15(12-17(18)20)13-21-22(28)26-23(30-21)25-19(14-27)16-6-4-3-5-7-16;1-2-15-12-5-6-13-11-4-3-9(8-14)7-10(11)12;14-6-9(8-4-2-1-3-5-8)12-11-13-10(15)7-16-11/h3-13,19,27H,2,14H2,1H3,(H,25,26,28);3-8H,2H2,1H3;1-5,9,14H,6-7H2,(H,12,13,15)/b21-13-;;/t19-;;9-/m0.0/s1. The zero-order chi connectivity index (χ0) is 43.0. The van der Waals surface area contributed by atoms with Gasteiger partial charge in [-0.1, -0.05) is 78.5 Å². The SMILES string of the molecule is CCOc1ccnc2ccc(/C=C3\SC(=N[C@@H](CO)c4ccccc4)NC3=O)cc12.CCOc1ccnc2ccc(C=O)cc12.O=C1CSC(=N[C@@H](CO)c2ccccc2)N1. The average molecular weight is 857 g/mol. The lowest BCUT2D eigenvalue weighted by Gasteiger charge is -2.10. The molecule has 0 bridgehead atoms. The number of ether oxygens (including phenoxy) is 2. The number of hydrogen-bond acceptors (Lipinski definition) is 13. The first kappa shape index (κ1) is 44.2. The van der Waals surface area contributed by atoms with E-state index in [1.165, 1.54) is 23.5 Å². The van der Waals surface area contributed by atoms with Gasteiger partial charge in [-0.05, 0) is 90.8 Å². The van der Waals surface area contributed by atoms with Crippen molar-refractivity contribution >= 4 is 79.8 Å². The Morgan fingerprint density at radius 1 is 0.705 bits per heavy atom. The number of benzene rings is 4. The number of aliphatic hydroxyl groups excluding tert-OH is 2. The summed E-state index contributed by atoms with van der Waals surface area (Å²) in [5.74, 6) is 1.70. The third-order valence-corrected chi connectivity index (χ3v) is 10.8. The van der Waals surface area contributed by atoms with Crippen LogP contribution in [0.15, 0.2) is 136 Å². The number of rotatable bonds is 12. The molecule has 8 rings (SSSR count). The lowest BCUT2D eigenvalue weighted by atomic mass is 10.1. The number of hydrogen-bond donors (Lipinski definition) is 4. The zero-order valence-electron chi connectivity index (χ0n) is 33.4. The molecule has 0 saturated carbocycles. The number of amides is 2. The van der Waals surface area contributed by atoms with E-state index in [1.54, 1.807) is 30.6 Å². The Morgan fingerprint density at radius 3 is 1.72 bits per heavy atom. The van der Waals surface area contributed by atoms with Crippen LogP contribution in [0.4, 0.5) is 0 Å². The molecule has 0 radical (unpaired) electrons. The van der Waals surface area contributed by atoms with Gasteiger partial charge in [0.2, 0.25) is 5.91 Å². The molecule has 15 heteroatoms. The van der Waals surface area contributed by atoms with Crippen LogP contribution in [0.1, 0.15) is 53.0 Å². The highest BCUT2D eigenvalue weighted by molar-refractivity contribution is 8.18. The highest BCUT2D eigenvalue weighted by Crippen LogP contribution is 2.31. The van der Waals surface area contributed by atoms with Crippen molar-refractivity contribution in [2.45, 2.75) is 25.9 Å². The first-order valence-electron chi connectivity index (χ1n) is 19.4. The third kappa shape index (κ3) is 12.1. The fourth-order valence-corrected chi connectivity index (χ4v) is 7.71. The van der Waals surface area contributed by atoms with E-state index in [0.29, 0.717) is 39.8 Å². The van der Waals surface area contributed by atoms with Crippen LogP contribution in [0, 0.1) is 0 Å². The number of aliphatic hydroxyl groups is 2. The Kier molecular flexibility index (Phi) is 16.1. The van der Waals surface area contributed by atoms with Crippen LogP contribution in [0.3, 0.4) is 0 Å². The van der Waals surface area contributed by atoms with Crippen LogP contribution >= 0.6 is 23.5 Å². The monoisotopic (exact) mass is 856 g/mol. The van der Waals surface area contributed by atoms with Crippen LogP contribution in [-0.4, -0.2) is 80.8 Å². The van der Waals surface area contributed by atoms with E-state index in [4.69, 9.17) is 9.47 Å². The molecule has 0 spiro atoms. The molecule has 61 heavy (non-hydrogen) atoms. The van der Waals surface area contributed by atoms with Crippen LogP contribution < -0.4 is 20.1 Å². The molecule has 4 N–H and O–H groups in total. The molecule has 0 aliphatic carbocycles. The number of carbonyl (C=O) groups is 3. The second-order valence-corrected chi connectivity index (χ2v) is 15.1. The molecule has 312 valence electrons. The molecule has 2 saturated heterocycles. The number of nitrogens with one attached hydrogen (secondary N) is 2. The molecule has 2 aliphatic rings. The summed E-state index contributed by atoms with van der Waals surface area (Å²) < 4.78 is 11.2. The predicted octanol–water partition coefficient (Wildman–Crippen LogP) is 7.31. The average Bonchev–Trinajstić information content (AvgIpc) is 3.88. The summed E-state index contributed by atoms with van der Waals surface area (Å²) in [6, 6.07) is 33.1. The maximum atomic E-state index is 12.4. The van der Waals surface area contributed by atoms with E-state index in [-0.39, 0.29) is 31.1 Å². The van der Waals surface area contributed by atoms with Gasteiger partial charge in [0.25, 0.3) is 5.91 Å². The minimum absolute atomic E-state index is 0.0338. The second kappa shape index (κ2) is 22.3. The number of amidine groups is 2. The molecular weight excluding hydrogens is 813 g/mol. The van der Waals surface area contributed by atoms with E-state index in [0.717, 1.165) is 56.3 Å². The molecule has 2 aliphatic heterocycles. The molecule has 2 atom stereocenters. The van der Waals surface area contributed by atoms with Crippen molar-refractivity contribution in [3.8, 4) is 11.5 Å². The predicted molar refractivity (Wildman–Crippen MR) is 243 cm³/mol. The van der Waals surface area contributed by atoms with Crippen molar-refractivity contribution in [1.82, 2.24) is 20.6 Å². The van der Waals surface area contributed by atoms with E-state index in [2.05, 4.69) is 30.6 Å². The summed E-state index contributed by atoms with van der Waals surface area (Å²) in [5, 5.41) is 27.3. The summed E-state index contributed by atoms with van der Waals surface area (Å²) in [6.07, 6.45) is 6.07. The van der Waals surface area contributed by atoms with Crippen LogP contribution in [-0.2, 0) is 9.59 Å². The second-order valence-electron chi connectivity index (χ2n) is 13.1. The number of carbonyl (C=O) groups excluding carboxylic acids is 3. The van der Waals surface area contributed by atoms with E-state index in [1.807, 2.05) is 111 Å². The van der Waals surface area contributed by atoms with Crippen LogP contribution in [0.5, 0.6) is 11.5 Å². The fourth-order valence-electron chi connectivity index (χ4n) is 6.11. The lowest BCUT2D eigenvalue weighted by Crippen LogP contribution is -2.21. The maximum Gasteiger partial charge on any atom is 0.264 e. The topological polar surface area (TPSA) is 185 Å². The molecule has 4 aromatic carbocycles. The largest absolute Gasteiger partial charge is 0.493 e. The van der Waals surface area contributed by atoms with Gasteiger partial charge in [0.15, 0.2) is 10.3 Å². The minimum Gasteiger partial charge on any atom is -0.493 e. The van der Waals surface area contributed by atoms with Gasteiger partial charge >= 0.3 is 0 Å². The number of fused-ring (bicyclic) bond motifs is 2. The number of pyridine rings is 2. The Balaban J connectivity index is 0.000000169. The molecule has 2 fully saturated rings. The number of aromatic nitrogens is 2. The smallest absolute Gasteiger partial charge is 0.264 e. The number of aldehydes is 1. The van der Waals surface area contributed by atoms with Crippen LogP contribution in [0.2, 0.25) is 0 Å². The van der Waals surface area contributed by atoms with Crippen molar-refractivity contribution in [3.05, 3.63) is 149 Å². The van der Waals surface area contributed by atoms with Crippen molar-refractivity contribution in [2.75, 3.05) is 32.2 Å². The van der Waals surface area contributed by atoms with E-state index >= 15 is 0 Å². The summed E-state index contributed by atoms with van der Waals surface area (Å²) in [5.41, 5.74) is 5.02. The van der Waals surface area contributed by atoms with Crippen molar-refractivity contribution in [3.63, 3.8) is 0 Å². The first-order chi connectivity index (χ1) is 29.8. The molecule has 13 nitrogen and oxygen atoms in total. The highest BCUT2D eigenvalue weighted by Gasteiger charge is 2.25. The third-order valence-electron chi connectivity index (χ3n) is 8.98. The highest BCUT2D eigenvalue weighted by atomic mass is 32.2. The molecule has 2 aromatic heterocycles. The number of aliphatic imine (C=N–C) groups is 2. The van der Waals surface area contributed by atoms with Gasteiger partial charge in [0.05, 0.1) is 48.1 Å². The quantitative estimate of drug-likeness (QED) is 0.0715. The van der Waals surface area contributed by atoms with E-state index < -0.39 is 6.04 Å². The van der Waals surface area contributed by atoms with Gasteiger partial charge in [-0.3, -0.25) is 34.3 Å². The summed E-state index contributed by atoms with van der Waals surface area (Å²) in [4.78, 5) is 52.0. The van der Waals surface area contributed by atoms with Crippen molar-refractivity contribution in [1.29, 1.82) is 0 Å². The summed E-state index contributed by atoms with van der Waals surface area (Å²) in [7, 11) is 0. The summed E-state index contributed by atoms with van der Waals surface area (Å²) >= 11 is 2.63. The van der Waals surface area contributed by atoms with Crippen molar-refractivity contribution in [2.24, 2.45) is 9.98 Å². The Bertz CT molecular complexity index is 2560. The number of nitrogens with zero attached hydrogens (tertiary/aromatic N) is 4. The van der Waals surface area contributed by atoms with Gasteiger partial charge in [-0.2, -0.15) is 0 Å². The zero-order valence-corrected chi connectivity index (χ0v) is 35.1. The molecular formula is C46H44N6O7S2. The Labute approximate surface area is 361 Å². The van der Waals surface area contributed by atoms with E-state index in [9.17, 15) is 24.6 Å². The summed E-state index contributed by atoms with van der Waals surface area (Å²) in [6.45, 7) is 4.83. The molecule has 2 amide bonds. The minimum atomic E-state index is -0.422. The fraction of sp³-hybridized carbons (Fsp3) is 0.196. The van der Waals surface area contributed by atoms with Gasteiger partial charge in [0.1, 0.15) is 29.9 Å². The molecule has 4 heterocycles. The number of thioether (sulfide) groups is 2. The van der Waals surface area contributed by atoms with Gasteiger partial charge in [0, 0.05) is 28.7 Å². The normalized spacial score (nSPS) is 16.3. The van der Waals surface area contributed by atoms with Gasteiger partial charge in [-0.25, -0.2) is 0 Å². The molecule has 0 unspecified atom stereocenters. The lowest BCUT2D eigenvalue weighted by molar-refractivity contribution is -0.117. The van der Waals surface area contributed by atoms with Crippen molar-refractivity contribution < 1.29 is 34.1 Å². The van der Waals surface area contributed by atoms with Gasteiger partial charge in [-0.15, -0.1) is 0 Å². The molecule has 6 aromatic rings. The van der Waals surface area contributed by atoms with Gasteiger partial charge < -0.3 is 30.3 Å². The first-order valence-corrected chi connectivity index (χ1v) is 21.2. The maximum absolute atomic E-state index is 12.4.